The maximum Gasteiger partial charge on any atom is 0.271 e. The van der Waals surface area contributed by atoms with Gasteiger partial charge in [-0.3, -0.25) is 4.79 Å². The van der Waals surface area contributed by atoms with Gasteiger partial charge in [0.2, 0.25) is 0 Å². The summed E-state index contributed by atoms with van der Waals surface area (Å²) in [5.74, 6) is -5.16. The van der Waals surface area contributed by atoms with Crippen LogP contribution in [0.15, 0.2) is 110 Å². The van der Waals surface area contributed by atoms with Gasteiger partial charge in [-0.25, -0.2) is 17.6 Å². The highest BCUT2D eigenvalue weighted by Crippen LogP contribution is 2.42. The van der Waals surface area contributed by atoms with Gasteiger partial charge in [-0.2, -0.15) is 0 Å². The van der Waals surface area contributed by atoms with E-state index in [0.29, 0.717) is 23.0 Å². The number of allylic oxidation sites excluding steroid dienone is 2. The molecule has 284 valence electrons. The van der Waals surface area contributed by atoms with Crippen molar-refractivity contribution in [2.24, 2.45) is 11.8 Å². The lowest BCUT2D eigenvalue weighted by Gasteiger charge is -2.28. The number of rotatable bonds is 14. The number of carbonyl (C=O) groups excluding carboxylic acids is 1. The quantitative estimate of drug-likeness (QED) is 0.0716. The number of hydrogen-bond donors (Lipinski definition) is 0. The van der Waals surface area contributed by atoms with Gasteiger partial charge in [0.1, 0.15) is 0 Å². The highest BCUT2D eigenvalue weighted by Gasteiger charge is 2.35. The van der Waals surface area contributed by atoms with E-state index in [4.69, 9.17) is 0 Å². The summed E-state index contributed by atoms with van der Waals surface area (Å²) in [5.41, 5.74) is 3.59. The Morgan fingerprint density at radius 1 is 0.556 bits per heavy atom. The maximum atomic E-state index is 15.2. The van der Waals surface area contributed by atoms with Crippen LogP contribution in [0, 0.1) is 11.8 Å². The third-order valence-corrected chi connectivity index (χ3v) is 12.2. The first kappa shape index (κ1) is 39.4. The van der Waals surface area contributed by atoms with Crippen molar-refractivity contribution in [1.82, 2.24) is 0 Å². The van der Waals surface area contributed by atoms with Crippen LogP contribution in [0.2, 0.25) is 0 Å². The summed E-state index contributed by atoms with van der Waals surface area (Å²) < 4.78 is 61.0. The molecule has 0 amide bonds. The van der Waals surface area contributed by atoms with E-state index in [1.54, 1.807) is 12.1 Å². The van der Waals surface area contributed by atoms with Crippen LogP contribution in [0.5, 0.6) is 0 Å². The summed E-state index contributed by atoms with van der Waals surface area (Å²) in [6.07, 6.45) is 17.8. The first-order chi connectivity index (χ1) is 25.9. The Bertz CT molecular complexity index is 1760. The molecule has 2 fully saturated rings. The molecule has 0 N–H and O–H groups in total. The molecule has 54 heavy (non-hydrogen) atoms. The predicted molar refractivity (Wildman–Crippen MR) is 215 cm³/mol. The fraction of sp³-hybridized carbons (Fsp3) is 0.408. The normalized spacial score (nSPS) is 20.7. The van der Waals surface area contributed by atoms with E-state index in [2.05, 4.69) is 37.4 Å². The van der Waals surface area contributed by atoms with E-state index in [9.17, 15) is 4.79 Å². The number of alkyl halides is 4. The Balaban J connectivity index is 1.21. The van der Waals surface area contributed by atoms with Crippen LogP contribution in [0.3, 0.4) is 0 Å². The van der Waals surface area contributed by atoms with Gasteiger partial charge in [0.25, 0.3) is 11.8 Å². The van der Waals surface area contributed by atoms with Gasteiger partial charge in [0.15, 0.2) is 5.78 Å². The van der Waals surface area contributed by atoms with Crippen LogP contribution < -0.4 is 0 Å². The van der Waals surface area contributed by atoms with E-state index in [-0.39, 0.29) is 11.1 Å². The Labute approximate surface area is 319 Å². The highest BCUT2D eigenvalue weighted by atomic mass is 19.3. The smallest absolute Gasteiger partial charge is 0.271 e. The second-order valence-electron chi connectivity index (χ2n) is 16.0. The summed E-state index contributed by atoms with van der Waals surface area (Å²) >= 11 is 0. The van der Waals surface area contributed by atoms with Crippen molar-refractivity contribution >= 4 is 5.78 Å². The van der Waals surface area contributed by atoms with Crippen molar-refractivity contribution in [2.45, 2.75) is 115 Å². The largest absolute Gasteiger partial charge is 0.289 e. The van der Waals surface area contributed by atoms with E-state index in [1.807, 2.05) is 36.4 Å². The van der Waals surface area contributed by atoms with Crippen LogP contribution in [0.1, 0.15) is 141 Å². The van der Waals surface area contributed by atoms with Gasteiger partial charge < -0.3 is 0 Å². The Hall–Kier alpha value is -4.25. The zero-order chi connectivity index (χ0) is 38.5. The van der Waals surface area contributed by atoms with Crippen LogP contribution in [0.25, 0.3) is 22.3 Å². The molecule has 0 atom stereocenters. The third kappa shape index (κ3) is 9.33. The van der Waals surface area contributed by atoms with Gasteiger partial charge in [-0.05, 0) is 158 Å². The molecule has 0 heterocycles. The fourth-order valence-corrected chi connectivity index (χ4v) is 8.89. The Kier molecular flexibility index (Phi) is 12.5. The topological polar surface area (TPSA) is 17.1 Å². The predicted octanol–water partition coefficient (Wildman–Crippen LogP) is 15.0. The van der Waals surface area contributed by atoms with E-state index < -0.39 is 28.8 Å². The minimum absolute atomic E-state index is 0.280. The standard InChI is InChI=1S/C49H54F4O/c1-5-7-9-33-11-15-35(16-12-33)37-19-23-39(24-20-37)41-27-29-43(45(31-41)48(3,50)51)47(54)44-30-28-42(32-46(44)49(4,52)53)40-25-21-38(22-26-40)36-17-13-34(14-18-36)10-8-6-2/h5-6,19-36H,1-2,7-18H2,3-4H3. The number of ketones is 1. The second-order valence-corrected chi connectivity index (χ2v) is 16.0. The van der Waals surface area contributed by atoms with Crippen LogP contribution in [-0.4, -0.2) is 5.78 Å². The van der Waals surface area contributed by atoms with E-state index in [1.165, 1.54) is 73.9 Å². The fourth-order valence-electron chi connectivity index (χ4n) is 8.89. The van der Waals surface area contributed by atoms with Crippen molar-refractivity contribution in [3.63, 3.8) is 0 Å². The molecule has 1 nitrogen and oxygen atoms in total. The first-order valence-corrected chi connectivity index (χ1v) is 19.9. The minimum atomic E-state index is -3.38. The molecule has 0 bridgehead atoms. The van der Waals surface area contributed by atoms with Crippen LogP contribution in [-0.2, 0) is 11.8 Å². The molecule has 0 radical (unpaired) electrons. The maximum absolute atomic E-state index is 15.2. The van der Waals surface area contributed by atoms with Crippen molar-refractivity contribution in [3.8, 4) is 22.3 Å². The third-order valence-electron chi connectivity index (χ3n) is 12.2. The lowest BCUT2D eigenvalue weighted by molar-refractivity contribution is 0.0160. The molecule has 4 aromatic carbocycles. The molecular formula is C49H54F4O. The summed E-state index contributed by atoms with van der Waals surface area (Å²) in [6.45, 7) is 9.17. The zero-order valence-corrected chi connectivity index (χ0v) is 31.9. The van der Waals surface area contributed by atoms with Gasteiger partial charge in [-0.1, -0.05) is 72.8 Å². The number of hydrogen-bond acceptors (Lipinski definition) is 1. The van der Waals surface area contributed by atoms with E-state index >= 15 is 17.6 Å². The van der Waals surface area contributed by atoms with E-state index in [0.717, 1.165) is 75.3 Å². The first-order valence-electron chi connectivity index (χ1n) is 19.9. The molecule has 0 aliphatic heterocycles. The average molecular weight is 735 g/mol. The summed E-state index contributed by atoms with van der Waals surface area (Å²) in [4.78, 5) is 14.0. The lowest BCUT2D eigenvalue weighted by atomic mass is 9.77. The van der Waals surface area contributed by atoms with Crippen LogP contribution >= 0.6 is 0 Å². The highest BCUT2D eigenvalue weighted by molar-refractivity contribution is 6.11. The average Bonchev–Trinajstić information content (AvgIpc) is 3.18. The summed E-state index contributed by atoms with van der Waals surface area (Å²) in [5, 5.41) is 0. The molecule has 2 aliphatic rings. The number of halogens is 4. The molecule has 0 aromatic heterocycles. The summed E-state index contributed by atoms with van der Waals surface area (Å²) in [6, 6.07) is 24.8. The van der Waals surface area contributed by atoms with Gasteiger partial charge in [0.05, 0.1) is 0 Å². The second kappa shape index (κ2) is 17.0. The molecule has 0 spiro atoms. The minimum Gasteiger partial charge on any atom is -0.289 e. The zero-order valence-electron chi connectivity index (χ0n) is 31.9. The van der Waals surface area contributed by atoms with Crippen LogP contribution in [0.4, 0.5) is 17.6 Å². The van der Waals surface area contributed by atoms with Gasteiger partial charge >= 0.3 is 0 Å². The van der Waals surface area contributed by atoms with Crippen molar-refractivity contribution in [3.05, 3.63) is 144 Å². The van der Waals surface area contributed by atoms with Crippen molar-refractivity contribution in [2.75, 3.05) is 0 Å². The molecule has 4 aromatic rings. The number of benzene rings is 4. The monoisotopic (exact) mass is 734 g/mol. The molecule has 0 saturated heterocycles. The SMILES string of the molecule is C=CCCC1CCC(c2ccc(-c3ccc(C(=O)c4ccc(-c5ccc(C6CCC(CCC=C)CC6)cc5)cc4C(C)(F)F)c(C(C)(F)F)c3)cc2)CC1. The molecule has 2 saturated carbocycles. The lowest BCUT2D eigenvalue weighted by Crippen LogP contribution is -2.19. The molecule has 6 rings (SSSR count). The van der Waals surface area contributed by atoms with Crippen molar-refractivity contribution in [1.29, 1.82) is 0 Å². The van der Waals surface area contributed by atoms with Gasteiger partial charge in [0, 0.05) is 36.1 Å². The Morgan fingerprint density at radius 3 is 1.20 bits per heavy atom. The molecular weight excluding hydrogens is 681 g/mol. The Morgan fingerprint density at radius 2 is 0.889 bits per heavy atom. The number of carbonyl (C=O) groups is 1. The molecule has 5 heteroatoms. The molecule has 2 aliphatic carbocycles. The van der Waals surface area contributed by atoms with Crippen molar-refractivity contribution < 1.29 is 22.4 Å². The van der Waals surface area contributed by atoms with Gasteiger partial charge in [-0.15, -0.1) is 13.2 Å². The summed E-state index contributed by atoms with van der Waals surface area (Å²) in [7, 11) is 0. The molecule has 0 unspecified atom stereocenters.